The van der Waals surface area contributed by atoms with Crippen molar-refractivity contribution in [2.45, 2.75) is 19.8 Å². The van der Waals surface area contributed by atoms with Crippen molar-refractivity contribution in [2.24, 2.45) is 0 Å². The molecule has 0 bridgehead atoms. The SMILES string of the molecule is CCCc1ccc(-c2ccccc2)nc1-c1ccccc1. The van der Waals surface area contributed by atoms with Crippen LogP contribution in [-0.2, 0) is 6.42 Å². The smallest absolute Gasteiger partial charge is 0.0741 e. The molecule has 0 unspecified atom stereocenters. The van der Waals surface area contributed by atoms with E-state index in [0.717, 1.165) is 29.8 Å². The van der Waals surface area contributed by atoms with Crippen molar-refractivity contribution in [3.8, 4) is 22.5 Å². The summed E-state index contributed by atoms with van der Waals surface area (Å²) in [5.41, 5.74) is 5.83. The van der Waals surface area contributed by atoms with Gasteiger partial charge in [0, 0.05) is 11.1 Å². The second-order valence-corrected chi connectivity index (χ2v) is 5.19. The summed E-state index contributed by atoms with van der Waals surface area (Å²) in [6, 6.07) is 25.2. The monoisotopic (exact) mass is 273 g/mol. The molecular formula is C20H19N. The Morgan fingerprint density at radius 1 is 0.714 bits per heavy atom. The molecule has 0 spiro atoms. The molecule has 0 amide bonds. The van der Waals surface area contributed by atoms with E-state index in [1.54, 1.807) is 0 Å². The highest BCUT2D eigenvalue weighted by molar-refractivity contribution is 5.68. The van der Waals surface area contributed by atoms with Gasteiger partial charge in [-0.3, -0.25) is 0 Å². The third-order valence-electron chi connectivity index (χ3n) is 3.61. The number of nitrogens with zero attached hydrogens (tertiary/aromatic N) is 1. The van der Waals surface area contributed by atoms with Crippen LogP contribution < -0.4 is 0 Å². The van der Waals surface area contributed by atoms with E-state index in [1.165, 1.54) is 11.1 Å². The van der Waals surface area contributed by atoms with Gasteiger partial charge in [-0.2, -0.15) is 0 Å². The molecular weight excluding hydrogens is 254 g/mol. The summed E-state index contributed by atoms with van der Waals surface area (Å²) in [5.74, 6) is 0. The van der Waals surface area contributed by atoms with Gasteiger partial charge >= 0.3 is 0 Å². The van der Waals surface area contributed by atoms with Crippen LogP contribution in [0.3, 0.4) is 0 Å². The number of aryl methyl sites for hydroxylation is 1. The summed E-state index contributed by atoms with van der Waals surface area (Å²) in [6.45, 7) is 2.21. The summed E-state index contributed by atoms with van der Waals surface area (Å²) in [4.78, 5) is 4.93. The Morgan fingerprint density at radius 2 is 1.33 bits per heavy atom. The first kappa shape index (κ1) is 13.6. The highest BCUT2D eigenvalue weighted by Gasteiger charge is 2.08. The Hall–Kier alpha value is -2.41. The van der Waals surface area contributed by atoms with Gasteiger partial charge in [-0.25, -0.2) is 4.98 Å². The fourth-order valence-electron chi connectivity index (χ4n) is 2.57. The van der Waals surface area contributed by atoms with Crippen molar-refractivity contribution < 1.29 is 0 Å². The van der Waals surface area contributed by atoms with Crippen LogP contribution in [0.15, 0.2) is 72.8 Å². The standard InChI is InChI=1S/C20H19N/c1-2-9-17-14-15-19(16-10-5-3-6-11-16)21-20(17)18-12-7-4-8-13-18/h3-8,10-15H,2,9H2,1H3. The van der Waals surface area contributed by atoms with Crippen molar-refractivity contribution in [3.05, 3.63) is 78.4 Å². The topological polar surface area (TPSA) is 12.9 Å². The van der Waals surface area contributed by atoms with E-state index >= 15 is 0 Å². The van der Waals surface area contributed by atoms with Crippen LogP contribution in [0.25, 0.3) is 22.5 Å². The van der Waals surface area contributed by atoms with Crippen molar-refractivity contribution in [1.82, 2.24) is 4.98 Å². The zero-order chi connectivity index (χ0) is 14.5. The fraction of sp³-hybridized carbons (Fsp3) is 0.150. The third-order valence-corrected chi connectivity index (χ3v) is 3.61. The predicted octanol–water partition coefficient (Wildman–Crippen LogP) is 5.37. The molecule has 1 aromatic heterocycles. The summed E-state index contributed by atoms with van der Waals surface area (Å²) in [7, 11) is 0. The molecule has 3 rings (SSSR count). The van der Waals surface area contributed by atoms with E-state index in [2.05, 4.69) is 67.6 Å². The molecule has 1 nitrogen and oxygen atoms in total. The molecule has 1 heterocycles. The molecule has 0 saturated heterocycles. The average molecular weight is 273 g/mol. The molecule has 0 aliphatic rings. The van der Waals surface area contributed by atoms with Gasteiger partial charge in [0.2, 0.25) is 0 Å². The van der Waals surface area contributed by atoms with Crippen molar-refractivity contribution in [1.29, 1.82) is 0 Å². The lowest BCUT2D eigenvalue weighted by Crippen LogP contribution is -1.95. The number of benzene rings is 2. The zero-order valence-electron chi connectivity index (χ0n) is 12.3. The van der Waals surface area contributed by atoms with Crippen molar-refractivity contribution in [2.75, 3.05) is 0 Å². The summed E-state index contributed by atoms with van der Waals surface area (Å²) in [6.07, 6.45) is 2.19. The maximum atomic E-state index is 4.93. The van der Waals surface area contributed by atoms with E-state index in [0.29, 0.717) is 0 Å². The van der Waals surface area contributed by atoms with Gasteiger partial charge in [0.25, 0.3) is 0 Å². The fourth-order valence-corrected chi connectivity index (χ4v) is 2.57. The molecule has 0 atom stereocenters. The Labute approximate surface area is 126 Å². The van der Waals surface area contributed by atoms with Crippen LogP contribution in [0, 0.1) is 0 Å². The van der Waals surface area contributed by atoms with Gasteiger partial charge in [-0.05, 0) is 18.1 Å². The van der Waals surface area contributed by atoms with Crippen LogP contribution in [0.5, 0.6) is 0 Å². The van der Waals surface area contributed by atoms with E-state index in [4.69, 9.17) is 4.98 Å². The summed E-state index contributed by atoms with van der Waals surface area (Å²) < 4.78 is 0. The van der Waals surface area contributed by atoms with Crippen molar-refractivity contribution >= 4 is 0 Å². The van der Waals surface area contributed by atoms with Gasteiger partial charge in [0.05, 0.1) is 11.4 Å². The molecule has 0 N–H and O–H groups in total. The quantitative estimate of drug-likeness (QED) is 0.623. The maximum Gasteiger partial charge on any atom is 0.0741 e. The van der Waals surface area contributed by atoms with E-state index in [-0.39, 0.29) is 0 Å². The Kier molecular flexibility index (Phi) is 4.11. The minimum Gasteiger partial charge on any atom is -0.248 e. The summed E-state index contributed by atoms with van der Waals surface area (Å²) >= 11 is 0. The van der Waals surface area contributed by atoms with Crippen LogP contribution in [0.2, 0.25) is 0 Å². The lowest BCUT2D eigenvalue weighted by atomic mass is 10.0. The second kappa shape index (κ2) is 6.36. The average Bonchev–Trinajstić information content (AvgIpc) is 2.57. The van der Waals surface area contributed by atoms with Crippen molar-refractivity contribution in [3.63, 3.8) is 0 Å². The molecule has 0 radical (unpaired) electrons. The summed E-state index contributed by atoms with van der Waals surface area (Å²) in [5, 5.41) is 0. The number of rotatable bonds is 4. The van der Waals surface area contributed by atoms with Gasteiger partial charge in [-0.1, -0.05) is 80.1 Å². The normalized spacial score (nSPS) is 10.5. The largest absolute Gasteiger partial charge is 0.248 e. The molecule has 0 aliphatic heterocycles. The van der Waals surface area contributed by atoms with E-state index in [9.17, 15) is 0 Å². The highest BCUT2D eigenvalue weighted by atomic mass is 14.7. The molecule has 21 heavy (non-hydrogen) atoms. The first-order valence-electron chi connectivity index (χ1n) is 7.49. The molecule has 0 saturated carbocycles. The highest BCUT2D eigenvalue weighted by Crippen LogP contribution is 2.26. The van der Waals surface area contributed by atoms with Gasteiger partial charge in [0.15, 0.2) is 0 Å². The Bertz CT molecular complexity index is 702. The molecule has 0 fully saturated rings. The van der Waals surface area contributed by atoms with Crippen LogP contribution in [0.1, 0.15) is 18.9 Å². The first-order chi connectivity index (χ1) is 10.4. The number of aromatic nitrogens is 1. The van der Waals surface area contributed by atoms with Crippen LogP contribution >= 0.6 is 0 Å². The molecule has 2 aromatic carbocycles. The van der Waals surface area contributed by atoms with Gasteiger partial charge in [0.1, 0.15) is 0 Å². The number of pyridine rings is 1. The van der Waals surface area contributed by atoms with Gasteiger partial charge in [-0.15, -0.1) is 0 Å². The van der Waals surface area contributed by atoms with Gasteiger partial charge < -0.3 is 0 Å². The predicted molar refractivity (Wildman–Crippen MR) is 89.1 cm³/mol. The minimum absolute atomic E-state index is 1.04. The minimum atomic E-state index is 1.04. The first-order valence-corrected chi connectivity index (χ1v) is 7.49. The maximum absolute atomic E-state index is 4.93. The molecule has 0 aliphatic carbocycles. The Morgan fingerprint density at radius 3 is 1.95 bits per heavy atom. The second-order valence-electron chi connectivity index (χ2n) is 5.19. The lowest BCUT2D eigenvalue weighted by molar-refractivity contribution is 0.917. The Balaban J connectivity index is 2.11. The van der Waals surface area contributed by atoms with E-state index < -0.39 is 0 Å². The third kappa shape index (κ3) is 3.03. The van der Waals surface area contributed by atoms with E-state index in [1.807, 2.05) is 12.1 Å². The molecule has 1 heteroatoms. The van der Waals surface area contributed by atoms with Crippen LogP contribution in [0.4, 0.5) is 0 Å². The lowest BCUT2D eigenvalue weighted by Gasteiger charge is -2.11. The number of hydrogen-bond acceptors (Lipinski definition) is 1. The number of hydrogen-bond donors (Lipinski definition) is 0. The van der Waals surface area contributed by atoms with Crippen LogP contribution in [-0.4, -0.2) is 4.98 Å². The molecule has 104 valence electrons. The molecule has 3 aromatic rings. The zero-order valence-corrected chi connectivity index (χ0v) is 12.3.